The minimum absolute atomic E-state index is 0.0234. The molecule has 14 heteroatoms. The van der Waals surface area contributed by atoms with Gasteiger partial charge in [-0.15, -0.1) is 4.99 Å². The van der Waals surface area contributed by atoms with E-state index in [4.69, 9.17) is 34.1 Å². The van der Waals surface area contributed by atoms with Crippen LogP contribution in [0.1, 0.15) is 148 Å². The minimum atomic E-state index is -1.91. The Hall–Kier alpha value is -4.69. The van der Waals surface area contributed by atoms with Gasteiger partial charge in [0.25, 0.3) is 6.02 Å². The monoisotopic (exact) mass is 906 g/mol. The van der Waals surface area contributed by atoms with Gasteiger partial charge in [0.2, 0.25) is 5.96 Å². The summed E-state index contributed by atoms with van der Waals surface area (Å²) in [6.45, 7) is 14.6. The first kappa shape index (κ1) is 53.6. The average Bonchev–Trinajstić information content (AvgIpc) is 3.27. The molecule has 3 N–H and O–H groups in total. The van der Waals surface area contributed by atoms with Crippen LogP contribution in [0.25, 0.3) is 0 Å². The number of carbonyl (C=O) groups is 3. The molecule has 1 heterocycles. The highest BCUT2D eigenvalue weighted by molar-refractivity contribution is 6.74. The maximum absolute atomic E-state index is 13.9. The number of allylic oxidation sites excluding steroid dienone is 1. The Balaban J connectivity index is 1.55. The summed E-state index contributed by atoms with van der Waals surface area (Å²) < 4.78 is 28.8. The lowest BCUT2D eigenvalue weighted by atomic mass is 9.95. The van der Waals surface area contributed by atoms with Crippen molar-refractivity contribution in [3.8, 4) is 0 Å². The predicted molar refractivity (Wildman–Crippen MR) is 258 cm³/mol. The Bertz CT molecular complexity index is 1760. The van der Waals surface area contributed by atoms with Crippen molar-refractivity contribution in [2.75, 3.05) is 26.9 Å². The summed E-state index contributed by atoms with van der Waals surface area (Å²) in [5, 5.41) is 3.41. The number of nitrogens with two attached hydrogens (primary N) is 1. The smallest absolute Gasteiger partial charge is 0.437 e. The standard InChI is InChI=1S/C50H79N5O8Si/c1-8-9-10-11-12-13-14-16-25-33-42-44(43(53-47(52-42)59-5)34-28-37-63-64(6,7)50(2,3)4)45(56)60-36-27-18-15-17-26-35-55(49(58)62-39-41-31-23-20-24-32-41)46(51)54-48(57)61-38-40-29-21-19-22-30-40/h19-24,29-32,42H,8-18,25-28,33-39H2,1-7H3,(H,52,53)(H2,51,54,57). The summed E-state index contributed by atoms with van der Waals surface area (Å²) >= 11 is 0. The number of amidine groups is 1. The van der Waals surface area contributed by atoms with Crippen LogP contribution in [0.2, 0.25) is 18.1 Å². The first-order chi connectivity index (χ1) is 30.8. The number of benzene rings is 2. The number of guanidine groups is 1. The van der Waals surface area contributed by atoms with Crippen molar-refractivity contribution in [2.24, 2.45) is 15.7 Å². The Labute approximate surface area is 385 Å². The van der Waals surface area contributed by atoms with Gasteiger partial charge in [0.15, 0.2) is 8.32 Å². The first-order valence-corrected chi connectivity index (χ1v) is 26.6. The second-order valence-electron chi connectivity index (χ2n) is 18.1. The van der Waals surface area contributed by atoms with E-state index >= 15 is 0 Å². The van der Waals surface area contributed by atoms with Gasteiger partial charge in [0, 0.05) is 18.8 Å². The van der Waals surface area contributed by atoms with Crippen LogP contribution in [0.5, 0.6) is 0 Å². The Morgan fingerprint density at radius 3 is 1.91 bits per heavy atom. The highest BCUT2D eigenvalue weighted by Crippen LogP contribution is 2.37. The van der Waals surface area contributed by atoms with Gasteiger partial charge in [0.05, 0.1) is 25.3 Å². The van der Waals surface area contributed by atoms with Crippen molar-refractivity contribution in [1.29, 1.82) is 0 Å². The van der Waals surface area contributed by atoms with E-state index in [1.807, 2.05) is 60.7 Å². The van der Waals surface area contributed by atoms with E-state index in [2.05, 4.69) is 51.1 Å². The topological polar surface area (TPSA) is 163 Å². The lowest BCUT2D eigenvalue weighted by molar-refractivity contribution is -0.139. The van der Waals surface area contributed by atoms with Gasteiger partial charge in [-0.2, -0.15) is 0 Å². The van der Waals surface area contributed by atoms with Crippen LogP contribution in [0.4, 0.5) is 9.59 Å². The summed E-state index contributed by atoms with van der Waals surface area (Å²) in [5.74, 6) is -0.635. The molecule has 3 rings (SSSR count). The van der Waals surface area contributed by atoms with E-state index in [9.17, 15) is 14.4 Å². The molecule has 2 aromatic rings. The third-order valence-electron chi connectivity index (χ3n) is 11.9. The summed E-state index contributed by atoms with van der Waals surface area (Å²) in [7, 11) is -0.313. The molecule has 0 spiro atoms. The second kappa shape index (κ2) is 29.7. The van der Waals surface area contributed by atoms with Gasteiger partial charge >= 0.3 is 18.2 Å². The molecule has 2 aromatic carbocycles. The summed E-state index contributed by atoms with van der Waals surface area (Å²) in [4.78, 5) is 49.5. The number of ether oxygens (including phenoxy) is 4. The molecular formula is C50H79N5O8Si. The van der Waals surface area contributed by atoms with Crippen molar-refractivity contribution >= 4 is 38.5 Å². The third kappa shape index (κ3) is 20.4. The number of hydrogen-bond donors (Lipinski definition) is 2. The molecule has 1 unspecified atom stereocenters. The van der Waals surface area contributed by atoms with E-state index in [-0.39, 0.29) is 49.4 Å². The lowest BCUT2D eigenvalue weighted by Crippen LogP contribution is -2.43. The van der Waals surface area contributed by atoms with E-state index in [0.29, 0.717) is 37.5 Å². The molecule has 13 nitrogen and oxygen atoms in total. The zero-order chi connectivity index (χ0) is 46.6. The second-order valence-corrected chi connectivity index (χ2v) is 22.9. The molecule has 0 radical (unpaired) electrons. The van der Waals surface area contributed by atoms with Crippen molar-refractivity contribution in [3.63, 3.8) is 0 Å². The molecule has 356 valence electrons. The highest BCUT2D eigenvalue weighted by atomic mass is 28.4. The largest absolute Gasteiger partial charge is 0.468 e. The van der Waals surface area contributed by atoms with Crippen molar-refractivity contribution in [2.45, 2.75) is 174 Å². The fourth-order valence-corrected chi connectivity index (χ4v) is 8.08. The van der Waals surface area contributed by atoms with Crippen molar-refractivity contribution in [3.05, 3.63) is 83.1 Å². The molecular weight excluding hydrogens is 827 g/mol. The van der Waals surface area contributed by atoms with Gasteiger partial charge in [-0.25, -0.2) is 24.3 Å². The molecule has 2 amide bonds. The summed E-state index contributed by atoms with van der Waals surface area (Å²) in [5.41, 5.74) is 9.20. The molecule has 0 saturated heterocycles. The van der Waals surface area contributed by atoms with Crippen LogP contribution < -0.4 is 11.1 Å². The van der Waals surface area contributed by atoms with Crippen LogP contribution in [0.15, 0.2) is 81.9 Å². The fourth-order valence-electron chi connectivity index (χ4n) is 6.99. The van der Waals surface area contributed by atoms with Crippen LogP contribution in [-0.2, 0) is 41.4 Å². The number of aliphatic imine (C=N–C) groups is 2. The average molecular weight is 906 g/mol. The Morgan fingerprint density at radius 2 is 1.31 bits per heavy atom. The predicted octanol–water partition coefficient (Wildman–Crippen LogP) is 11.7. The number of carbonyl (C=O) groups excluding carboxylic acids is 3. The Kier molecular flexibility index (Phi) is 24.9. The Morgan fingerprint density at radius 1 is 0.750 bits per heavy atom. The number of unbranched alkanes of at least 4 members (excludes halogenated alkanes) is 12. The van der Waals surface area contributed by atoms with Gasteiger partial charge in [-0.1, -0.05) is 165 Å². The molecule has 1 atom stereocenters. The lowest BCUT2D eigenvalue weighted by Gasteiger charge is -2.36. The van der Waals surface area contributed by atoms with Gasteiger partial charge < -0.3 is 34.4 Å². The molecule has 0 bridgehead atoms. The fraction of sp³-hybridized carbons (Fsp3) is 0.620. The third-order valence-corrected chi connectivity index (χ3v) is 16.4. The number of esters is 1. The number of nitrogens with one attached hydrogen (secondary N) is 1. The zero-order valence-corrected chi connectivity index (χ0v) is 41.1. The van der Waals surface area contributed by atoms with Crippen LogP contribution in [0.3, 0.4) is 0 Å². The quantitative estimate of drug-likeness (QED) is 0.0210. The van der Waals surface area contributed by atoms with Crippen molar-refractivity contribution < 1.29 is 37.8 Å². The zero-order valence-electron chi connectivity index (χ0n) is 40.1. The van der Waals surface area contributed by atoms with Crippen molar-refractivity contribution in [1.82, 2.24) is 10.2 Å². The van der Waals surface area contributed by atoms with E-state index in [1.54, 1.807) is 7.11 Å². The molecule has 1 aliphatic rings. The normalized spacial score (nSPS) is 14.4. The van der Waals surface area contributed by atoms with Gasteiger partial charge in [0.1, 0.15) is 13.2 Å². The van der Waals surface area contributed by atoms with Crippen LogP contribution in [0, 0.1) is 0 Å². The molecule has 0 saturated carbocycles. The minimum Gasteiger partial charge on any atom is -0.468 e. The number of amides is 2. The SMILES string of the molecule is CCCCCCCCCCCC1N=C(OC)NC(CCCO[Si](C)(C)C(C)(C)C)=C1C(=O)OCCCCCCCN(C(=O)OCc1ccccc1)/C(N)=N/C(=O)OCc1ccccc1. The molecule has 0 aliphatic carbocycles. The summed E-state index contributed by atoms with van der Waals surface area (Å²) in [6, 6.07) is 18.6. The summed E-state index contributed by atoms with van der Waals surface area (Å²) in [6.07, 6.45) is 15.1. The molecule has 1 aliphatic heterocycles. The van der Waals surface area contributed by atoms with Crippen LogP contribution >= 0.6 is 0 Å². The van der Waals surface area contributed by atoms with Crippen LogP contribution in [-0.4, -0.2) is 76.3 Å². The number of hydrogen-bond acceptors (Lipinski definition) is 10. The maximum atomic E-state index is 13.9. The molecule has 0 aromatic heterocycles. The molecule has 0 fully saturated rings. The number of nitrogens with zero attached hydrogens (tertiary/aromatic N) is 3. The maximum Gasteiger partial charge on any atom is 0.437 e. The number of rotatable bonds is 28. The van der Waals surface area contributed by atoms with E-state index in [0.717, 1.165) is 61.8 Å². The first-order valence-electron chi connectivity index (χ1n) is 23.7. The van der Waals surface area contributed by atoms with Gasteiger partial charge in [-0.3, -0.25) is 0 Å². The van der Waals surface area contributed by atoms with Gasteiger partial charge in [-0.05, 0) is 61.4 Å². The molecule has 64 heavy (non-hydrogen) atoms. The van der Waals surface area contributed by atoms with E-state index in [1.165, 1.54) is 49.8 Å². The number of methoxy groups -OCH3 is 1. The van der Waals surface area contributed by atoms with E-state index < -0.39 is 20.5 Å². The highest BCUT2D eigenvalue weighted by Gasteiger charge is 2.37.